The fourth-order valence-corrected chi connectivity index (χ4v) is 1.93. The minimum atomic E-state index is 0.810. The molecule has 0 aromatic rings. The number of likely N-dealkylation sites (tertiary alicyclic amines) is 1. The van der Waals surface area contributed by atoms with Crippen molar-refractivity contribution in [1.29, 1.82) is 0 Å². The van der Waals surface area contributed by atoms with E-state index in [1.807, 2.05) is 0 Å². The summed E-state index contributed by atoms with van der Waals surface area (Å²) in [6, 6.07) is 0. The monoisotopic (exact) mass is 171 g/mol. The summed E-state index contributed by atoms with van der Waals surface area (Å²) < 4.78 is 5.10. The van der Waals surface area contributed by atoms with Crippen LogP contribution in [0.5, 0.6) is 0 Å². The fraction of sp³-hybridized carbons (Fsp3) is 1.00. The molecule has 0 spiro atoms. The van der Waals surface area contributed by atoms with E-state index in [2.05, 4.69) is 18.7 Å². The van der Waals surface area contributed by atoms with Gasteiger partial charge in [0, 0.05) is 20.2 Å². The molecule has 0 aromatic carbocycles. The van der Waals surface area contributed by atoms with Crippen LogP contribution in [0.2, 0.25) is 0 Å². The smallest absolute Gasteiger partial charge is 0.0986 e. The molecule has 1 saturated heterocycles. The van der Waals surface area contributed by atoms with Crippen molar-refractivity contribution in [1.82, 2.24) is 4.90 Å². The van der Waals surface area contributed by atoms with Crippen molar-refractivity contribution >= 4 is 0 Å². The van der Waals surface area contributed by atoms with Crippen molar-refractivity contribution in [3.05, 3.63) is 0 Å². The lowest BCUT2D eigenvalue weighted by Crippen LogP contribution is -2.36. The molecule has 1 aliphatic heterocycles. The number of nitrogens with zero attached hydrogens (tertiary/aromatic N) is 1. The van der Waals surface area contributed by atoms with Crippen LogP contribution in [-0.4, -0.2) is 31.8 Å². The molecule has 0 N–H and O–H groups in total. The highest BCUT2D eigenvalue weighted by molar-refractivity contribution is 4.72. The molecular formula is C10H21NO. The minimum Gasteiger partial charge on any atom is -0.369 e. The summed E-state index contributed by atoms with van der Waals surface area (Å²) in [5.74, 6) is 1.80. The lowest BCUT2D eigenvalue weighted by Gasteiger charge is -2.33. The molecule has 1 fully saturated rings. The van der Waals surface area contributed by atoms with Gasteiger partial charge in [0.15, 0.2) is 0 Å². The average Bonchev–Trinajstić information content (AvgIpc) is 2.06. The Bertz CT molecular complexity index is 117. The third-order valence-corrected chi connectivity index (χ3v) is 2.89. The van der Waals surface area contributed by atoms with Crippen molar-refractivity contribution in [2.75, 3.05) is 26.9 Å². The molecule has 0 radical (unpaired) electrons. The quantitative estimate of drug-likeness (QED) is 0.643. The van der Waals surface area contributed by atoms with Gasteiger partial charge in [0.2, 0.25) is 0 Å². The summed E-state index contributed by atoms with van der Waals surface area (Å²) in [6.45, 7) is 7.91. The number of ether oxygens (including phenoxy) is 1. The standard InChI is InChI=1S/C10H21NO/c1-9(2)10-4-6-11(7-5-10)8-12-3/h9-10H,4-8H2,1-3H3. The minimum absolute atomic E-state index is 0.810. The van der Waals surface area contributed by atoms with E-state index in [-0.39, 0.29) is 0 Å². The van der Waals surface area contributed by atoms with E-state index in [1.165, 1.54) is 25.9 Å². The highest BCUT2D eigenvalue weighted by Crippen LogP contribution is 2.23. The van der Waals surface area contributed by atoms with Crippen LogP contribution in [0, 0.1) is 11.8 Å². The van der Waals surface area contributed by atoms with Gasteiger partial charge in [-0.05, 0) is 24.7 Å². The van der Waals surface area contributed by atoms with Gasteiger partial charge < -0.3 is 4.74 Å². The first-order chi connectivity index (χ1) is 5.74. The second kappa shape index (κ2) is 4.83. The van der Waals surface area contributed by atoms with Gasteiger partial charge in [0.1, 0.15) is 0 Å². The molecule has 2 heteroatoms. The van der Waals surface area contributed by atoms with Crippen LogP contribution < -0.4 is 0 Å². The first kappa shape index (κ1) is 10.0. The number of hydrogen-bond donors (Lipinski definition) is 0. The van der Waals surface area contributed by atoms with Crippen LogP contribution in [0.4, 0.5) is 0 Å². The largest absolute Gasteiger partial charge is 0.369 e. The Labute approximate surface area is 75.9 Å². The van der Waals surface area contributed by atoms with E-state index < -0.39 is 0 Å². The molecule has 0 aliphatic carbocycles. The van der Waals surface area contributed by atoms with Crippen LogP contribution in [0.1, 0.15) is 26.7 Å². The van der Waals surface area contributed by atoms with Gasteiger partial charge in [-0.1, -0.05) is 13.8 Å². The van der Waals surface area contributed by atoms with Crippen LogP contribution in [0.3, 0.4) is 0 Å². The molecular weight excluding hydrogens is 150 g/mol. The maximum absolute atomic E-state index is 5.10. The van der Waals surface area contributed by atoms with Crippen molar-refractivity contribution < 1.29 is 4.74 Å². The van der Waals surface area contributed by atoms with Crippen LogP contribution in [0.25, 0.3) is 0 Å². The maximum Gasteiger partial charge on any atom is 0.0986 e. The third kappa shape index (κ3) is 2.76. The molecule has 12 heavy (non-hydrogen) atoms. The van der Waals surface area contributed by atoms with E-state index in [4.69, 9.17) is 4.74 Å². The Morgan fingerprint density at radius 2 is 1.92 bits per heavy atom. The number of hydrogen-bond acceptors (Lipinski definition) is 2. The van der Waals surface area contributed by atoms with Crippen molar-refractivity contribution in [3.63, 3.8) is 0 Å². The molecule has 0 aromatic heterocycles. The molecule has 0 saturated carbocycles. The van der Waals surface area contributed by atoms with Crippen LogP contribution in [-0.2, 0) is 4.74 Å². The van der Waals surface area contributed by atoms with Gasteiger partial charge in [-0.25, -0.2) is 0 Å². The average molecular weight is 171 g/mol. The molecule has 1 heterocycles. The second-order valence-electron chi connectivity index (χ2n) is 4.12. The Hall–Kier alpha value is -0.0800. The van der Waals surface area contributed by atoms with Crippen molar-refractivity contribution in [2.45, 2.75) is 26.7 Å². The number of piperidine rings is 1. The highest BCUT2D eigenvalue weighted by Gasteiger charge is 2.20. The zero-order valence-corrected chi connectivity index (χ0v) is 8.55. The molecule has 0 bridgehead atoms. The summed E-state index contributed by atoms with van der Waals surface area (Å²) in [7, 11) is 1.77. The Kier molecular flexibility index (Phi) is 4.02. The van der Waals surface area contributed by atoms with Gasteiger partial charge in [0.05, 0.1) is 6.73 Å². The zero-order valence-electron chi connectivity index (χ0n) is 8.55. The van der Waals surface area contributed by atoms with Crippen molar-refractivity contribution in [3.8, 4) is 0 Å². The van der Waals surface area contributed by atoms with E-state index in [1.54, 1.807) is 7.11 Å². The van der Waals surface area contributed by atoms with Crippen LogP contribution in [0.15, 0.2) is 0 Å². The summed E-state index contributed by atoms with van der Waals surface area (Å²) in [5, 5.41) is 0. The topological polar surface area (TPSA) is 12.5 Å². The third-order valence-electron chi connectivity index (χ3n) is 2.89. The van der Waals surface area contributed by atoms with Gasteiger partial charge >= 0.3 is 0 Å². The number of rotatable bonds is 3. The number of methoxy groups -OCH3 is 1. The van der Waals surface area contributed by atoms with Gasteiger partial charge in [-0.15, -0.1) is 0 Å². The summed E-state index contributed by atoms with van der Waals surface area (Å²) in [4.78, 5) is 2.39. The lowest BCUT2D eigenvalue weighted by molar-refractivity contribution is 0.0336. The van der Waals surface area contributed by atoms with Crippen molar-refractivity contribution in [2.24, 2.45) is 11.8 Å². The molecule has 0 amide bonds. The van der Waals surface area contributed by atoms with Gasteiger partial charge in [0.25, 0.3) is 0 Å². The van der Waals surface area contributed by atoms with E-state index in [0.717, 1.165) is 18.6 Å². The summed E-state index contributed by atoms with van der Waals surface area (Å²) >= 11 is 0. The lowest BCUT2D eigenvalue weighted by atomic mass is 9.87. The predicted octanol–water partition coefficient (Wildman–Crippen LogP) is 1.96. The maximum atomic E-state index is 5.10. The Balaban J connectivity index is 2.20. The predicted molar refractivity (Wildman–Crippen MR) is 51.0 cm³/mol. The normalized spacial score (nSPS) is 22.0. The first-order valence-corrected chi connectivity index (χ1v) is 4.95. The van der Waals surface area contributed by atoms with Crippen LogP contribution >= 0.6 is 0 Å². The molecule has 1 rings (SSSR count). The van der Waals surface area contributed by atoms with E-state index in [9.17, 15) is 0 Å². The Morgan fingerprint density at radius 1 is 1.33 bits per heavy atom. The highest BCUT2D eigenvalue weighted by atomic mass is 16.5. The molecule has 0 atom stereocenters. The molecule has 72 valence electrons. The van der Waals surface area contributed by atoms with Gasteiger partial charge in [-0.2, -0.15) is 0 Å². The second-order valence-corrected chi connectivity index (χ2v) is 4.12. The SMILES string of the molecule is COCN1CCC(C(C)C)CC1. The zero-order chi connectivity index (χ0) is 8.97. The molecule has 0 unspecified atom stereocenters. The Morgan fingerprint density at radius 3 is 2.33 bits per heavy atom. The summed E-state index contributed by atoms with van der Waals surface area (Å²) in [6.07, 6.45) is 2.70. The molecule has 2 nitrogen and oxygen atoms in total. The van der Waals surface area contributed by atoms with Gasteiger partial charge in [-0.3, -0.25) is 4.90 Å². The summed E-state index contributed by atoms with van der Waals surface area (Å²) in [5.41, 5.74) is 0. The fourth-order valence-electron chi connectivity index (χ4n) is 1.93. The van der Waals surface area contributed by atoms with E-state index in [0.29, 0.717) is 0 Å². The molecule has 1 aliphatic rings. The first-order valence-electron chi connectivity index (χ1n) is 4.95. The van der Waals surface area contributed by atoms with E-state index >= 15 is 0 Å².